The van der Waals surface area contributed by atoms with Crippen molar-refractivity contribution in [1.29, 1.82) is 5.41 Å². The summed E-state index contributed by atoms with van der Waals surface area (Å²) in [5, 5.41) is 7.12. The van der Waals surface area contributed by atoms with Gasteiger partial charge in [0.1, 0.15) is 0 Å². The number of carbonyl (C=O) groups is 2. The second-order valence-corrected chi connectivity index (χ2v) is 5.02. The van der Waals surface area contributed by atoms with Gasteiger partial charge in [-0.05, 0) is 0 Å². The summed E-state index contributed by atoms with van der Waals surface area (Å²) in [6.07, 6.45) is -1.43. The Balaban J connectivity index is 4.05. The van der Waals surface area contributed by atoms with Crippen molar-refractivity contribution in [3.63, 3.8) is 0 Å². The van der Waals surface area contributed by atoms with Crippen LogP contribution < -0.4 is 0 Å². The molecule has 1 atom stereocenters. The lowest BCUT2D eigenvalue weighted by atomic mass is 10.7. The molecule has 1 unspecified atom stereocenters. The number of ether oxygens (including phenoxy) is 1. The number of halogens is 1. The second-order valence-electron chi connectivity index (χ2n) is 2.79. The molecule has 0 aliphatic rings. The molecule has 0 rings (SSSR count). The first kappa shape index (κ1) is 16.6. The van der Waals surface area contributed by atoms with Gasteiger partial charge >= 0.3 is 12.3 Å². The van der Waals surface area contributed by atoms with Gasteiger partial charge in [-0.15, -0.1) is 4.39 Å². The molecule has 0 spiro atoms. The molecule has 104 valence electrons. The molecule has 0 bridgehead atoms. The summed E-state index contributed by atoms with van der Waals surface area (Å²) in [5.41, 5.74) is 0. The summed E-state index contributed by atoms with van der Waals surface area (Å²) in [7, 11) is 2.37. The fraction of sp³-hybridized carbons (Fsp3) is 0.571. The van der Waals surface area contributed by atoms with E-state index in [2.05, 4.69) is 8.92 Å². The Hall–Kier alpha value is -1.36. The zero-order valence-electron chi connectivity index (χ0n) is 9.84. The van der Waals surface area contributed by atoms with E-state index in [9.17, 15) is 18.2 Å². The summed E-state index contributed by atoms with van der Waals surface area (Å²) >= 11 is -1.20. The molecule has 0 fully saturated rings. The minimum atomic E-state index is -1.72. The van der Waals surface area contributed by atoms with Gasteiger partial charge in [-0.2, -0.15) is 0 Å². The molecular weight excluding hydrogens is 289 g/mol. The summed E-state index contributed by atoms with van der Waals surface area (Å²) in [6, 6.07) is 0. The van der Waals surface area contributed by atoms with Gasteiger partial charge in [0.05, 0.1) is 12.1 Å². The van der Waals surface area contributed by atoms with Crippen LogP contribution in [0.5, 0.6) is 0 Å². The van der Waals surface area contributed by atoms with Crippen LogP contribution in [0.15, 0.2) is 0 Å². The van der Waals surface area contributed by atoms with Crippen LogP contribution in [0.25, 0.3) is 0 Å². The highest BCUT2D eigenvalue weighted by atomic mass is 32.2. The van der Waals surface area contributed by atoms with Crippen molar-refractivity contribution < 1.29 is 27.1 Å². The Labute approximate surface area is 110 Å². The van der Waals surface area contributed by atoms with E-state index in [-0.39, 0.29) is 0 Å². The number of hydrogen-bond acceptors (Lipinski definition) is 7. The SMILES string of the molecule is CN(SN(C)C(=O)OCC(=N)OS(C)=O)C(=O)F. The smallest absolute Gasteiger partial charge is 0.421 e. The van der Waals surface area contributed by atoms with E-state index in [1.807, 2.05) is 0 Å². The normalized spacial score (nSPS) is 11.3. The monoisotopic (exact) mass is 301 g/mol. The van der Waals surface area contributed by atoms with E-state index in [0.717, 1.165) is 11.4 Å². The zero-order valence-corrected chi connectivity index (χ0v) is 11.5. The minimum absolute atomic E-state index is 0.478. The van der Waals surface area contributed by atoms with Crippen LogP contribution >= 0.6 is 12.1 Å². The van der Waals surface area contributed by atoms with E-state index in [1.165, 1.54) is 13.3 Å². The van der Waals surface area contributed by atoms with Crippen LogP contribution in [0.2, 0.25) is 0 Å². The third-order valence-electron chi connectivity index (χ3n) is 1.29. The Morgan fingerprint density at radius 3 is 2.39 bits per heavy atom. The van der Waals surface area contributed by atoms with Crippen molar-refractivity contribution in [2.45, 2.75) is 0 Å². The van der Waals surface area contributed by atoms with E-state index in [0.29, 0.717) is 16.4 Å². The number of nitrogens with zero attached hydrogens (tertiary/aromatic N) is 2. The van der Waals surface area contributed by atoms with Crippen LogP contribution in [0.1, 0.15) is 0 Å². The van der Waals surface area contributed by atoms with Crippen molar-refractivity contribution in [2.75, 3.05) is 27.0 Å². The van der Waals surface area contributed by atoms with Crippen LogP contribution in [0, 0.1) is 5.41 Å². The van der Waals surface area contributed by atoms with Crippen LogP contribution in [0.3, 0.4) is 0 Å². The van der Waals surface area contributed by atoms with Gasteiger partial charge in [-0.1, -0.05) is 0 Å². The molecule has 11 heteroatoms. The predicted octanol–water partition coefficient (Wildman–Crippen LogP) is 0.927. The Bertz CT molecular complexity index is 367. The Morgan fingerprint density at radius 1 is 1.39 bits per heavy atom. The summed E-state index contributed by atoms with van der Waals surface area (Å²) in [4.78, 5) is 21.5. The molecule has 0 aliphatic heterocycles. The van der Waals surface area contributed by atoms with Gasteiger partial charge in [0.15, 0.2) is 6.61 Å². The van der Waals surface area contributed by atoms with E-state index in [4.69, 9.17) is 5.41 Å². The zero-order chi connectivity index (χ0) is 14.3. The summed E-state index contributed by atoms with van der Waals surface area (Å²) in [5.74, 6) is -0.488. The van der Waals surface area contributed by atoms with Crippen molar-refractivity contribution in [2.24, 2.45) is 0 Å². The number of rotatable bonds is 5. The molecule has 18 heavy (non-hydrogen) atoms. The molecule has 0 aromatic carbocycles. The lowest BCUT2D eigenvalue weighted by molar-refractivity contribution is 0.143. The maximum absolute atomic E-state index is 12.2. The molecule has 0 saturated heterocycles. The maximum Gasteiger partial charge on any atom is 0.421 e. The van der Waals surface area contributed by atoms with E-state index < -0.39 is 35.8 Å². The molecule has 0 heterocycles. The molecule has 0 aliphatic carbocycles. The highest BCUT2D eigenvalue weighted by Crippen LogP contribution is 2.14. The highest BCUT2D eigenvalue weighted by molar-refractivity contribution is 7.95. The predicted molar refractivity (Wildman–Crippen MR) is 63.8 cm³/mol. The summed E-state index contributed by atoms with van der Waals surface area (Å²) in [6.45, 7) is -0.517. The molecule has 8 nitrogen and oxygen atoms in total. The minimum Gasteiger partial charge on any atom is -0.439 e. The standard InChI is InChI=1S/C7H12FN3O5S2/c1-10(6(8)12)17-11(2)7(13)15-4-5(9)16-18(3)14/h9H,4H2,1-3H3. The van der Waals surface area contributed by atoms with Gasteiger partial charge in [0.25, 0.3) is 0 Å². The quantitative estimate of drug-likeness (QED) is 0.266. The Morgan fingerprint density at radius 2 is 1.94 bits per heavy atom. The Kier molecular flexibility index (Phi) is 7.27. The maximum atomic E-state index is 12.2. The summed E-state index contributed by atoms with van der Waals surface area (Å²) < 4.78 is 33.1. The fourth-order valence-electron chi connectivity index (χ4n) is 0.633. The van der Waals surface area contributed by atoms with Gasteiger partial charge in [-0.3, -0.25) is 5.41 Å². The fourth-order valence-corrected chi connectivity index (χ4v) is 1.52. The second kappa shape index (κ2) is 7.87. The first-order valence-corrected chi connectivity index (χ1v) is 6.56. The van der Waals surface area contributed by atoms with E-state index >= 15 is 0 Å². The first-order valence-electron chi connectivity index (χ1n) is 4.35. The third kappa shape index (κ3) is 7.06. The van der Waals surface area contributed by atoms with Crippen LogP contribution in [-0.2, 0) is 20.0 Å². The van der Waals surface area contributed by atoms with Gasteiger partial charge in [0, 0.05) is 20.4 Å². The number of carbonyl (C=O) groups excluding carboxylic acids is 2. The molecule has 2 amide bonds. The topological polar surface area (TPSA) is 100 Å². The molecule has 0 aromatic heterocycles. The van der Waals surface area contributed by atoms with Crippen molar-refractivity contribution >= 4 is 41.4 Å². The molecular formula is C7H12FN3O5S2. The van der Waals surface area contributed by atoms with Crippen molar-refractivity contribution in [3.05, 3.63) is 0 Å². The van der Waals surface area contributed by atoms with Gasteiger partial charge in [0.2, 0.25) is 17.0 Å². The molecule has 0 radical (unpaired) electrons. The average molecular weight is 301 g/mol. The lowest BCUT2D eigenvalue weighted by Crippen LogP contribution is -2.29. The van der Waals surface area contributed by atoms with Gasteiger partial charge < -0.3 is 8.92 Å². The van der Waals surface area contributed by atoms with Crippen LogP contribution in [-0.4, -0.2) is 57.9 Å². The number of hydrogen-bond donors (Lipinski definition) is 1. The van der Waals surface area contributed by atoms with Crippen LogP contribution in [0.4, 0.5) is 14.0 Å². The van der Waals surface area contributed by atoms with Crippen molar-refractivity contribution in [3.8, 4) is 0 Å². The third-order valence-corrected chi connectivity index (χ3v) is 2.51. The molecule has 1 N–H and O–H groups in total. The van der Waals surface area contributed by atoms with Gasteiger partial charge in [-0.25, -0.2) is 22.4 Å². The highest BCUT2D eigenvalue weighted by Gasteiger charge is 2.18. The number of nitrogens with one attached hydrogen (secondary N) is 1. The van der Waals surface area contributed by atoms with E-state index in [1.54, 1.807) is 0 Å². The molecule has 0 saturated carbocycles. The largest absolute Gasteiger partial charge is 0.439 e. The number of amides is 2. The van der Waals surface area contributed by atoms with Crippen molar-refractivity contribution in [1.82, 2.24) is 8.61 Å². The first-order chi connectivity index (χ1) is 8.23. The average Bonchev–Trinajstić information content (AvgIpc) is 2.24. The lowest BCUT2D eigenvalue weighted by Gasteiger charge is -2.19. The molecule has 0 aromatic rings.